The summed E-state index contributed by atoms with van der Waals surface area (Å²) in [5.41, 5.74) is 0.276. The van der Waals surface area contributed by atoms with Crippen LogP contribution in [0.15, 0.2) is 12.1 Å². The van der Waals surface area contributed by atoms with E-state index in [4.69, 9.17) is 0 Å². The van der Waals surface area contributed by atoms with Crippen LogP contribution in [0.5, 0.6) is 0 Å². The van der Waals surface area contributed by atoms with Crippen molar-refractivity contribution in [2.45, 2.75) is 6.42 Å². The van der Waals surface area contributed by atoms with Crippen LogP contribution in [0.4, 0.5) is 5.82 Å². The Morgan fingerprint density at radius 2 is 2.11 bits per heavy atom. The van der Waals surface area contributed by atoms with Crippen LogP contribution < -0.4 is 5.32 Å². The first kappa shape index (κ1) is 14.5. The summed E-state index contributed by atoms with van der Waals surface area (Å²) in [5.74, 6) is -0.330. The fourth-order valence-corrected chi connectivity index (χ4v) is 1.83. The van der Waals surface area contributed by atoms with E-state index >= 15 is 0 Å². The van der Waals surface area contributed by atoms with E-state index in [1.165, 1.54) is 12.1 Å². The molecular weight excluding hydrogens is 260 g/mol. The Labute approximate surface area is 110 Å². The molecule has 1 saturated heterocycles. The molecule has 18 heavy (non-hydrogen) atoms. The highest BCUT2D eigenvalue weighted by molar-refractivity contribution is 5.92. The number of aromatic nitrogens is 1. The Morgan fingerprint density at radius 1 is 1.33 bits per heavy atom. The summed E-state index contributed by atoms with van der Waals surface area (Å²) in [6.07, 6.45) is 0.897. The fraction of sp³-hybridized carbons (Fsp3) is 0.500. The number of halogens is 1. The minimum atomic E-state index is -0.541. The Hall–Kier alpha value is -1.60. The molecule has 0 bridgehead atoms. The van der Waals surface area contributed by atoms with Gasteiger partial charge in [-0.15, -0.1) is 12.4 Å². The normalized spacial score (nSPS) is 15.7. The Morgan fingerprint density at radius 3 is 2.78 bits per heavy atom. The molecule has 1 amide bonds. The van der Waals surface area contributed by atoms with Crippen LogP contribution in [0.2, 0.25) is 0 Å². The van der Waals surface area contributed by atoms with E-state index in [0.717, 1.165) is 19.5 Å². The molecule has 0 spiro atoms. The maximum Gasteiger partial charge on any atom is 0.321 e. The third-order valence-corrected chi connectivity index (χ3v) is 2.73. The summed E-state index contributed by atoms with van der Waals surface area (Å²) in [4.78, 5) is 26.2. The molecule has 0 unspecified atom stereocenters. The molecule has 0 atom stereocenters. The van der Waals surface area contributed by atoms with Gasteiger partial charge < -0.3 is 20.3 Å². The van der Waals surface area contributed by atoms with Gasteiger partial charge in [0.05, 0.1) is 0 Å². The van der Waals surface area contributed by atoms with Crippen molar-refractivity contribution in [1.82, 2.24) is 15.2 Å². The van der Waals surface area contributed by atoms with Crippen molar-refractivity contribution >= 4 is 24.1 Å². The quantitative estimate of drug-likeness (QED) is 0.616. The van der Waals surface area contributed by atoms with Gasteiger partial charge in [-0.2, -0.15) is 0 Å². The average molecular weight is 275 g/mol. The predicted molar refractivity (Wildman–Crippen MR) is 68.1 cm³/mol. The van der Waals surface area contributed by atoms with Gasteiger partial charge in [0.25, 0.3) is 5.91 Å². The van der Waals surface area contributed by atoms with Gasteiger partial charge in [-0.05, 0) is 24.0 Å². The van der Waals surface area contributed by atoms with E-state index in [9.17, 15) is 14.9 Å². The van der Waals surface area contributed by atoms with Crippen molar-refractivity contribution in [3.63, 3.8) is 0 Å². The molecule has 0 radical (unpaired) electrons. The third kappa shape index (κ3) is 3.21. The van der Waals surface area contributed by atoms with E-state index in [1.54, 1.807) is 4.90 Å². The zero-order valence-electron chi connectivity index (χ0n) is 9.72. The third-order valence-electron chi connectivity index (χ3n) is 2.73. The second-order valence-corrected chi connectivity index (χ2v) is 3.91. The summed E-state index contributed by atoms with van der Waals surface area (Å²) in [6.45, 7) is 2.97. The van der Waals surface area contributed by atoms with Crippen molar-refractivity contribution in [3.8, 4) is 0 Å². The lowest BCUT2D eigenvalue weighted by molar-refractivity contribution is -0.389. The molecular formula is C10H15ClN4O3. The molecule has 2 N–H and O–H groups in total. The first-order valence-electron chi connectivity index (χ1n) is 5.52. The van der Waals surface area contributed by atoms with E-state index < -0.39 is 4.92 Å². The van der Waals surface area contributed by atoms with Gasteiger partial charge in [0.1, 0.15) is 0 Å². The maximum atomic E-state index is 12.0. The van der Waals surface area contributed by atoms with Crippen LogP contribution in [-0.4, -0.2) is 46.9 Å². The van der Waals surface area contributed by atoms with Crippen molar-refractivity contribution in [1.29, 1.82) is 0 Å². The first-order valence-corrected chi connectivity index (χ1v) is 5.52. The number of carbonyl (C=O) groups excluding carboxylic acids is 1. The highest BCUT2D eigenvalue weighted by atomic mass is 35.5. The Balaban J connectivity index is 0.00000162. The van der Waals surface area contributed by atoms with Gasteiger partial charge in [0, 0.05) is 25.7 Å². The standard InChI is InChI=1S/C10H14N4O3.ClH/c15-10(13-6-1-4-11-5-7-13)8-2-3-9(12-8)14(16)17;/h2-3,11-12H,1,4-7H2;1H. The second-order valence-electron chi connectivity index (χ2n) is 3.91. The molecule has 2 rings (SSSR count). The summed E-state index contributed by atoms with van der Waals surface area (Å²) >= 11 is 0. The number of rotatable bonds is 2. The first-order chi connectivity index (χ1) is 8.18. The number of carbonyl (C=O) groups is 1. The van der Waals surface area contributed by atoms with Crippen LogP contribution in [0.25, 0.3) is 0 Å². The largest absolute Gasteiger partial charge is 0.358 e. The van der Waals surface area contributed by atoms with Gasteiger partial charge in [-0.25, -0.2) is 4.98 Å². The summed E-state index contributed by atoms with van der Waals surface area (Å²) in [6, 6.07) is 2.77. The SMILES string of the molecule is Cl.O=C(c1ccc([N+](=O)[O-])[nH]1)N1CCCNCC1. The minimum absolute atomic E-state index is 0. The molecule has 1 fully saturated rings. The number of hydrogen-bond acceptors (Lipinski definition) is 4. The number of H-pyrrole nitrogens is 1. The molecule has 7 nitrogen and oxygen atoms in total. The van der Waals surface area contributed by atoms with Crippen LogP contribution in [0.3, 0.4) is 0 Å². The lowest BCUT2D eigenvalue weighted by Gasteiger charge is -2.17. The number of hydrogen-bond donors (Lipinski definition) is 2. The number of nitrogens with zero attached hydrogens (tertiary/aromatic N) is 2. The Kier molecular flexibility index (Phi) is 5.11. The van der Waals surface area contributed by atoms with Crippen molar-refractivity contribution in [2.75, 3.05) is 26.2 Å². The molecule has 1 aromatic rings. The average Bonchev–Trinajstić information content (AvgIpc) is 2.65. The van der Waals surface area contributed by atoms with Crippen molar-refractivity contribution in [3.05, 3.63) is 27.9 Å². The molecule has 0 aliphatic carbocycles. The molecule has 1 aliphatic heterocycles. The second kappa shape index (κ2) is 6.36. The molecule has 0 saturated carbocycles. The fourth-order valence-electron chi connectivity index (χ4n) is 1.83. The molecule has 2 heterocycles. The van der Waals surface area contributed by atoms with Crippen molar-refractivity contribution in [2.24, 2.45) is 0 Å². The number of amides is 1. The molecule has 100 valence electrons. The zero-order valence-corrected chi connectivity index (χ0v) is 10.5. The van der Waals surface area contributed by atoms with Gasteiger partial charge in [0.15, 0.2) is 5.69 Å². The van der Waals surface area contributed by atoms with E-state index in [-0.39, 0.29) is 29.8 Å². The minimum Gasteiger partial charge on any atom is -0.358 e. The van der Waals surface area contributed by atoms with Crippen LogP contribution in [-0.2, 0) is 0 Å². The van der Waals surface area contributed by atoms with Gasteiger partial charge in [-0.1, -0.05) is 0 Å². The summed E-state index contributed by atoms with van der Waals surface area (Å²) in [5, 5.41) is 13.7. The van der Waals surface area contributed by atoms with Crippen LogP contribution in [0, 0.1) is 10.1 Å². The zero-order chi connectivity index (χ0) is 12.3. The topological polar surface area (TPSA) is 91.3 Å². The summed E-state index contributed by atoms with van der Waals surface area (Å²) in [7, 11) is 0. The van der Waals surface area contributed by atoms with Crippen molar-refractivity contribution < 1.29 is 9.72 Å². The van der Waals surface area contributed by atoms with Gasteiger partial charge >= 0.3 is 5.82 Å². The van der Waals surface area contributed by atoms with E-state index in [2.05, 4.69) is 10.3 Å². The predicted octanol–water partition coefficient (Wildman–Crippen LogP) is 0.780. The molecule has 0 aromatic carbocycles. The molecule has 1 aromatic heterocycles. The van der Waals surface area contributed by atoms with Crippen LogP contribution >= 0.6 is 12.4 Å². The van der Waals surface area contributed by atoms with Gasteiger partial charge in [0.2, 0.25) is 0 Å². The van der Waals surface area contributed by atoms with Gasteiger partial charge in [-0.3, -0.25) is 4.79 Å². The molecule has 8 heteroatoms. The lowest BCUT2D eigenvalue weighted by Crippen LogP contribution is -2.34. The highest BCUT2D eigenvalue weighted by Gasteiger charge is 2.22. The van der Waals surface area contributed by atoms with Crippen LogP contribution in [0.1, 0.15) is 16.9 Å². The maximum absolute atomic E-state index is 12.0. The van der Waals surface area contributed by atoms with E-state index in [1.807, 2.05) is 0 Å². The smallest absolute Gasteiger partial charge is 0.321 e. The van der Waals surface area contributed by atoms with E-state index in [0.29, 0.717) is 13.1 Å². The number of nitro groups is 1. The number of nitrogens with one attached hydrogen (secondary N) is 2. The number of aromatic amines is 1. The monoisotopic (exact) mass is 274 g/mol. The Bertz CT molecular complexity index is 427. The lowest BCUT2D eigenvalue weighted by atomic mass is 10.3. The summed E-state index contributed by atoms with van der Waals surface area (Å²) < 4.78 is 0. The molecule has 1 aliphatic rings. The highest BCUT2D eigenvalue weighted by Crippen LogP contribution is 2.12.